The number of piperidine rings is 1. The number of esters is 1. The molecule has 2 aliphatic carbocycles. The Kier molecular flexibility index (Phi) is 7.92. The second kappa shape index (κ2) is 11.2. The molecule has 204 valence electrons. The van der Waals surface area contributed by atoms with Crippen molar-refractivity contribution in [1.82, 2.24) is 9.80 Å². The summed E-state index contributed by atoms with van der Waals surface area (Å²) in [5.74, 6) is 1.40. The molecule has 2 aromatic rings. The molecule has 6 heteroatoms. The van der Waals surface area contributed by atoms with Gasteiger partial charge in [-0.25, -0.2) is 0 Å². The van der Waals surface area contributed by atoms with Gasteiger partial charge in [-0.3, -0.25) is 9.59 Å². The summed E-state index contributed by atoms with van der Waals surface area (Å²) in [4.78, 5) is 30.1. The van der Waals surface area contributed by atoms with E-state index in [0.717, 1.165) is 44.0 Å². The van der Waals surface area contributed by atoms with Crippen LogP contribution in [0.2, 0.25) is 0 Å². The smallest absolute Gasteiger partial charge is 0.308 e. The van der Waals surface area contributed by atoms with Gasteiger partial charge in [-0.15, -0.1) is 0 Å². The number of aliphatic hydroxyl groups excluding tert-OH is 1. The lowest BCUT2D eigenvalue weighted by molar-refractivity contribution is -0.131. The number of amides is 1. The number of rotatable bonds is 8. The molecule has 3 unspecified atom stereocenters. The Morgan fingerprint density at radius 1 is 1.13 bits per heavy atom. The van der Waals surface area contributed by atoms with E-state index in [0.29, 0.717) is 30.2 Å². The van der Waals surface area contributed by atoms with Crippen LogP contribution in [0.5, 0.6) is 5.75 Å². The molecule has 1 amide bonds. The molecule has 38 heavy (non-hydrogen) atoms. The third kappa shape index (κ3) is 5.81. The number of aliphatic hydroxyl groups is 1. The van der Waals surface area contributed by atoms with Crippen LogP contribution in [0, 0.1) is 17.8 Å². The van der Waals surface area contributed by atoms with E-state index < -0.39 is 6.10 Å². The summed E-state index contributed by atoms with van der Waals surface area (Å²) in [6, 6.07) is 17.3. The Morgan fingerprint density at radius 2 is 1.89 bits per heavy atom. The normalized spacial score (nSPS) is 27.6. The fourth-order valence-electron chi connectivity index (χ4n) is 6.90. The maximum atomic E-state index is 13.8. The molecule has 5 rings (SSSR count). The quantitative estimate of drug-likeness (QED) is 0.398. The molecule has 0 aromatic heterocycles. The van der Waals surface area contributed by atoms with Crippen LogP contribution in [0.25, 0.3) is 0 Å². The van der Waals surface area contributed by atoms with Gasteiger partial charge < -0.3 is 19.6 Å². The lowest BCUT2D eigenvalue weighted by Gasteiger charge is -2.56. The molecule has 1 heterocycles. The van der Waals surface area contributed by atoms with Crippen LogP contribution in [-0.4, -0.2) is 65.1 Å². The van der Waals surface area contributed by atoms with Crippen molar-refractivity contribution in [2.45, 2.75) is 70.4 Å². The Balaban J connectivity index is 1.51. The first-order valence-corrected chi connectivity index (χ1v) is 14.3. The van der Waals surface area contributed by atoms with Crippen molar-refractivity contribution in [1.29, 1.82) is 0 Å². The molecule has 0 bridgehead atoms. The lowest BCUT2D eigenvalue weighted by atomic mass is 9.56. The first-order chi connectivity index (χ1) is 18.2. The van der Waals surface area contributed by atoms with Crippen molar-refractivity contribution in [3.8, 4) is 5.75 Å². The molecular weight excluding hydrogens is 476 g/mol. The van der Waals surface area contributed by atoms with E-state index in [-0.39, 0.29) is 29.3 Å². The highest BCUT2D eigenvalue weighted by Crippen LogP contribution is 2.51. The van der Waals surface area contributed by atoms with Gasteiger partial charge in [0, 0.05) is 49.5 Å². The fourth-order valence-corrected chi connectivity index (χ4v) is 6.90. The highest BCUT2D eigenvalue weighted by Gasteiger charge is 2.53. The van der Waals surface area contributed by atoms with Gasteiger partial charge in [0.25, 0.3) is 5.91 Å². The minimum Gasteiger partial charge on any atom is -0.427 e. The second-order valence-electron chi connectivity index (χ2n) is 12.2. The van der Waals surface area contributed by atoms with Crippen molar-refractivity contribution in [2.24, 2.45) is 17.8 Å². The molecule has 1 N–H and O–H groups in total. The van der Waals surface area contributed by atoms with Crippen LogP contribution in [0.3, 0.4) is 0 Å². The SMILES string of the molecule is CC(=O)Oc1cccc(C23CCN(CC4CC4)CC2C(O)C[C@H](N(CC(C)C)C(=O)c2ccccc2)C3)c1. The molecule has 3 aliphatic rings. The fraction of sp³-hybridized carbons (Fsp3) is 0.562. The van der Waals surface area contributed by atoms with E-state index in [9.17, 15) is 14.7 Å². The molecule has 1 saturated heterocycles. The number of likely N-dealkylation sites (tertiary alicyclic amines) is 1. The largest absolute Gasteiger partial charge is 0.427 e. The van der Waals surface area contributed by atoms with Crippen molar-refractivity contribution in [2.75, 3.05) is 26.2 Å². The molecule has 6 nitrogen and oxygen atoms in total. The van der Waals surface area contributed by atoms with E-state index in [2.05, 4.69) is 24.8 Å². The van der Waals surface area contributed by atoms with Gasteiger partial charge in [0.1, 0.15) is 5.75 Å². The predicted molar refractivity (Wildman–Crippen MR) is 148 cm³/mol. The van der Waals surface area contributed by atoms with Gasteiger partial charge in [0.05, 0.1) is 6.10 Å². The van der Waals surface area contributed by atoms with Gasteiger partial charge in [-0.1, -0.05) is 44.2 Å². The number of fused-ring (bicyclic) bond motifs is 1. The summed E-state index contributed by atoms with van der Waals surface area (Å²) in [6.07, 6.45) is 4.39. The predicted octanol–water partition coefficient (Wildman–Crippen LogP) is 4.90. The molecule has 0 spiro atoms. The second-order valence-corrected chi connectivity index (χ2v) is 12.2. The Morgan fingerprint density at radius 3 is 2.58 bits per heavy atom. The number of nitrogens with zero attached hydrogens (tertiary/aromatic N) is 2. The van der Waals surface area contributed by atoms with Crippen molar-refractivity contribution < 1.29 is 19.4 Å². The van der Waals surface area contributed by atoms with Gasteiger partial charge in [-0.05, 0) is 80.3 Å². The van der Waals surface area contributed by atoms with Crippen molar-refractivity contribution >= 4 is 11.9 Å². The van der Waals surface area contributed by atoms with E-state index in [1.54, 1.807) is 0 Å². The summed E-state index contributed by atoms with van der Waals surface area (Å²) < 4.78 is 5.48. The average Bonchev–Trinajstić information content (AvgIpc) is 3.71. The van der Waals surface area contributed by atoms with Crippen LogP contribution >= 0.6 is 0 Å². The number of carbonyl (C=O) groups excluding carboxylic acids is 2. The zero-order chi connectivity index (χ0) is 26.9. The van der Waals surface area contributed by atoms with E-state index in [1.807, 2.05) is 53.4 Å². The zero-order valence-corrected chi connectivity index (χ0v) is 23.0. The van der Waals surface area contributed by atoms with Gasteiger partial charge in [0.15, 0.2) is 0 Å². The Labute approximate surface area is 227 Å². The topological polar surface area (TPSA) is 70.1 Å². The maximum absolute atomic E-state index is 13.8. The summed E-state index contributed by atoms with van der Waals surface area (Å²) in [5, 5.41) is 11.8. The molecule has 0 radical (unpaired) electrons. The molecule has 4 atom stereocenters. The van der Waals surface area contributed by atoms with E-state index in [1.165, 1.54) is 19.8 Å². The van der Waals surface area contributed by atoms with Gasteiger partial charge >= 0.3 is 5.97 Å². The number of hydrogen-bond donors (Lipinski definition) is 1. The third-order valence-corrected chi connectivity index (χ3v) is 8.78. The van der Waals surface area contributed by atoms with Crippen LogP contribution in [-0.2, 0) is 10.2 Å². The number of carbonyl (C=O) groups is 2. The van der Waals surface area contributed by atoms with E-state index in [4.69, 9.17) is 4.74 Å². The highest BCUT2D eigenvalue weighted by molar-refractivity contribution is 5.94. The summed E-state index contributed by atoms with van der Waals surface area (Å²) in [5.41, 5.74) is 1.49. The molecule has 1 aliphatic heterocycles. The molecule has 3 fully saturated rings. The zero-order valence-electron chi connectivity index (χ0n) is 23.0. The van der Waals surface area contributed by atoms with Crippen LogP contribution in [0.4, 0.5) is 0 Å². The number of hydrogen-bond acceptors (Lipinski definition) is 5. The average molecular weight is 519 g/mol. The Hall–Kier alpha value is -2.70. The Bertz CT molecular complexity index is 1130. The third-order valence-electron chi connectivity index (χ3n) is 8.78. The molecule has 2 aromatic carbocycles. The minimum atomic E-state index is -0.522. The van der Waals surface area contributed by atoms with Crippen molar-refractivity contribution in [3.63, 3.8) is 0 Å². The summed E-state index contributed by atoms with van der Waals surface area (Å²) >= 11 is 0. The van der Waals surface area contributed by atoms with Gasteiger partial charge in [0.2, 0.25) is 0 Å². The van der Waals surface area contributed by atoms with Crippen LogP contribution in [0.15, 0.2) is 54.6 Å². The van der Waals surface area contributed by atoms with Gasteiger partial charge in [-0.2, -0.15) is 0 Å². The highest BCUT2D eigenvalue weighted by atomic mass is 16.5. The van der Waals surface area contributed by atoms with E-state index >= 15 is 0 Å². The van der Waals surface area contributed by atoms with Crippen molar-refractivity contribution in [3.05, 3.63) is 65.7 Å². The monoisotopic (exact) mass is 518 g/mol. The summed E-state index contributed by atoms with van der Waals surface area (Å²) in [6.45, 7) is 9.29. The number of ether oxygens (including phenoxy) is 1. The molecular formula is C32H42N2O4. The first kappa shape index (κ1) is 26.9. The molecule has 2 saturated carbocycles. The summed E-state index contributed by atoms with van der Waals surface area (Å²) in [7, 11) is 0. The number of benzene rings is 2. The first-order valence-electron chi connectivity index (χ1n) is 14.3. The van der Waals surface area contributed by atoms with Crippen LogP contribution in [0.1, 0.15) is 68.8 Å². The minimum absolute atomic E-state index is 0.0323. The maximum Gasteiger partial charge on any atom is 0.308 e. The van der Waals surface area contributed by atoms with Crippen LogP contribution < -0.4 is 4.74 Å². The standard InChI is InChI=1S/C32H42N2O4/c1-22(2)19-34(31(37)25-8-5-4-6-9-25)27-17-30(36)29-21-33(20-24-12-13-24)15-14-32(29,18-27)26-10-7-11-28(16-26)38-23(3)35/h4-11,16,22,24,27,29-30,36H,12-15,17-21H2,1-3H3/t27-,29?,30?,32?/m0/s1. The lowest BCUT2D eigenvalue weighted by Crippen LogP contribution is -2.61.